The highest BCUT2D eigenvalue weighted by molar-refractivity contribution is 6.58. The molecule has 1 unspecified atom stereocenters. The van der Waals surface area contributed by atoms with E-state index >= 15 is 0 Å². The quantitative estimate of drug-likeness (QED) is 0.449. The average Bonchev–Trinajstić information content (AvgIpc) is 2.18. The molecule has 0 saturated carbocycles. The first-order chi connectivity index (χ1) is 7.13. The van der Waals surface area contributed by atoms with Crippen LogP contribution in [-0.2, 0) is 11.3 Å². The van der Waals surface area contributed by atoms with E-state index in [1.807, 2.05) is 19.1 Å². The topological polar surface area (TPSA) is 61.7 Å². The summed E-state index contributed by atoms with van der Waals surface area (Å²) in [5.41, 5.74) is 4.37. The fourth-order valence-corrected chi connectivity index (χ4v) is 1.48. The highest BCUT2D eigenvalue weighted by Gasteiger charge is 2.11. The Labute approximate surface area is 90.0 Å². The molecule has 4 nitrogen and oxygen atoms in total. The van der Waals surface area contributed by atoms with Gasteiger partial charge in [0.1, 0.15) is 0 Å². The Morgan fingerprint density at radius 1 is 1.47 bits per heavy atom. The molecule has 0 aliphatic carbocycles. The summed E-state index contributed by atoms with van der Waals surface area (Å²) in [6, 6.07) is 7.39. The fourth-order valence-electron chi connectivity index (χ4n) is 1.48. The number of hydrogen-bond donors (Lipinski definition) is 3. The van der Waals surface area contributed by atoms with Crippen LogP contribution in [0, 0.1) is 0 Å². The second-order valence-corrected chi connectivity index (χ2v) is 3.55. The molecule has 82 valence electrons. The third kappa shape index (κ3) is 4.01. The molecule has 0 spiro atoms. The summed E-state index contributed by atoms with van der Waals surface area (Å²) in [7, 11) is 0.167. The second-order valence-electron chi connectivity index (χ2n) is 3.55. The summed E-state index contributed by atoms with van der Waals surface area (Å²) in [6.07, 6.45) is 0.772. The predicted molar refractivity (Wildman–Crippen MR) is 59.6 cm³/mol. The summed E-state index contributed by atoms with van der Waals surface area (Å²) in [5.74, 6) is 0. The van der Waals surface area contributed by atoms with Gasteiger partial charge in [0.2, 0.25) is 0 Å². The van der Waals surface area contributed by atoms with Crippen molar-refractivity contribution in [2.45, 2.75) is 19.4 Å². The lowest BCUT2D eigenvalue weighted by Crippen LogP contribution is -2.31. The monoisotopic (exact) mass is 209 g/mol. The average molecular weight is 209 g/mol. The Morgan fingerprint density at radius 2 is 2.20 bits per heavy atom. The van der Waals surface area contributed by atoms with Gasteiger partial charge in [-0.05, 0) is 24.4 Å². The summed E-state index contributed by atoms with van der Waals surface area (Å²) < 4.78 is 0. The van der Waals surface area contributed by atoms with E-state index in [2.05, 4.69) is 5.48 Å². The van der Waals surface area contributed by atoms with Gasteiger partial charge in [-0.1, -0.05) is 24.3 Å². The van der Waals surface area contributed by atoms with Crippen LogP contribution in [0.3, 0.4) is 0 Å². The molecule has 0 fully saturated rings. The SMILES string of the molecule is CONC(C)Cc1cccc(B(O)O)c1. The molecule has 5 heteroatoms. The third-order valence-corrected chi connectivity index (χ3v) is 2.11. The molecule has 3 N–H and O–H groups in total. The van der Waals surface area contributed by atoms with Crippen LogP contribution < -0.4 is 10.9 Å². The summed E-state index contributed by atoms with van der Waals surface area (Å²) in [6.45, 7) is 1.99. The van der Waals surface area contributed by atoms with E-state index < -0.39 is 7.12 Å². The van der Waals surface area contributed by atoms with Crippen LogP contribution in [0.5, 0.6) is 0 Å². The molecule has 1 aromatic carbocycles. The van der Waals surface area contributed by atoms with Crippen molar-refractivity contribution in [3.8, 4) is 0 Å². The zero-order valence-corrected chi connectivity index (χ0v) is 8.97. The smallest absolute Gasteiger partial charge is 0.423 e. The molecule has 0 radical (unpaired) electrons. The molecule has 1 aromatic rings. The molecule has 0 aromatic heterocycles. The second kappa shape index (κ2) is 5.87. The first-order valence-electron chi connectivity index (χ1n) is 4.87. The lowest BCUT2D eigenvalue weighted by atomic mass is 9.79. The normalized spacial score (nSPS) is 12.5. The van der Waals surface area contributed by atoms with E-state index in [0.29, 0.717) is 5.46 Å². The minimum absolute atomic E-state index is 0.182. The molecule has 0 heterocycles. The largest absolute Gasteiger partial charge is 0.488 e. The van der Waals surface area contributed by atoms with Crippen LogP contribution in [0.1, 0.15) is 12.5 Å². The van der Waals surface area contributed by atoms with E-state index in [0.717, 1.165) is 12.0 Å². The highest BCUT2D eigenvalue weighted by Crippen LogP contribution is 2.01. The van der Waals surface area contributed by atoms with Crippen molar-refractivity contribution in [1.29, 1.82) is 0 Å². The lowest BCUT2D eigenvalue weighted by Gasteiger charge is -2.12. The first kappa shape index (κ1) is 12.2. The molecule has 0 bridgehead atoms. The van der Waals surface area contributed by atoms with E-state index in [4.69, 9.17) is 14.9 Å². The van der Waals surface area contributed by atoms with Gasteiger partial charge in [0.05, 0.1) is 7.11 Å². The first-order valence-corrected chi connectivity index (χ1v) is 4.87. The molecular weight excluding hydrogens is 193 g/mol. The van der Waals surface area contributed by atoms with Crippen molar-refractivity contribution < 1.29 is 14.9 Å². The van der Waals surface area contributed by atoms with Gasteiger partial charge in [-0.2, -0.15) is 5.48 Å². The summed E-state index contributed by atoms with van der Waals surface area (Å²) in [5, 5.41) is 18.0. The Hall–Kier alpha value is -0.875. The van der Waals surface area contributed by atoms with Crippen molar-refractivity contribution >= 4 is 12.6 Å². The van der Waals surface area contributed by atoms with Crippen molar-refractivity contribution in [3.63, 3.8) is 0 Å². The summed E-state index contributed by atoms with van der Waals surface area (Å²) in [4.78, 5) is 4.80. The minimum Gasteiger partial charge on any atom is -0.423 e. The van der Waals surface area contributed by atoms with E-state index in [-0.39, 0.29) is 6.04 Å². The number of hydroxylamine groups is 1. The van der Waals surface area contributed by atoms with E-state index in [1.165, 1.54) is 0 Å². The Bertz CT molecular complexity index is 306. The molecule has 1 atom stereocenters. The molecule has 0 aliphatic heterocycles. The van der Waals surface area contributed by atoms with Crippen LogP contribution >= 0.6 is 0 Å². The number of hydrogen-bond acceptors (Lipinski definition) is 4. The van der Waals surface area contributed by atoms with Crippen molar-refractivity contribution in [2.24, 2.45) is 0 Å². The molecule has 0 amide bonds. The highest BCUT2D eigenvalue weighted by atomic mass is 16.6. The van der Waals surface area contributed by atoms with Gasteiger partial charge in [0.25, 0.3) is 0 Å². The van der Waals surface area contributed by atoms with Crippen LogP contribution in [0.15, 0.2) is 24.3 Å². The Morgan fingerprint density at radius 3 is 2.80 bits per heavy atom. The van der Waals surface area contributed by atoms with E-state index in [1.54, 1.807) is 19.2 Å². The molecule has 0 aliphatic rings. The number of nitrogens with one attached hydrogen (secondary N) is 1. The Balaban J connectivity index is 2.65. The van der Waals surface area contributed by atoms with E-state index in [9.17, 15) is 0 Å². The number of benzene rings is 1. The van der Waals surface area contributed by atoms with Crippen molar-refractivity contribution in [2.75, 3.05) is 7.11 Å². The van der Waals surface area contributed by atoms with Gasteiger partial charge in [-0.3, -0.25) is 0 Å². The van der Waals surface area contributed by atoms with Crippen LogP contribution in [0.4, 0.5) is 0 Å². The van der Waals surface area contributed by atoms with Crippen LogP contribution in [0.25, 0.3) is 0 Å². The standard InChI is InChI=1S/C10H16BNO3/c1-8(12-15-2)6-9-4-3-5-10(7-9)11(13)14/h3-5,7-8,12-14H,6H2,1-2H3. The molecule has 1 rings (SSSR count). The molecule has 0 saturated heterocycles. The molecule has 15 heavy (non-hydrogen) atoms. The van der Waals surface area contributed by atoms with Gasteiger partial charge in [-0.15, -0.1) is 0 Å². The van der Waals surface area contributed by atoms with Gasteiger partial charge in [0, 0.05) is 6.04 Å². The summed E-state index contributed by atoms with van der Waals surface area (Å²) >= 11 is 0. The maximum Gasteiger partial charge on any atom is 0.488 e. The maximum atomic E-state index is 9.00. The van der Waals surface area contributed by atoms with Gasteiger partial charge in [-0.25, -0.2) is 0 Å². The predicted octanol–water partition coefficient (Wildman–Crippen LogP) is -0.552. The van der Waals surface area contributed by atoms with Crippen molar-refractivity contribution in [1.82, 2.24) is 5.48 Å². The van der Waals surface area contributed by atoms with Crippen molar-refractivity contribution in [3.05, 3.63) is 29.8 Å². The van der Waals surface area contributed by atoms with Gasteiger partial charge >= 0.3 is 7.12 Å². The fraction of sp³-hybridized carbons (Fsp3) is 0.400. The lowest BCUT2D eigenvalue weighted by molar-refractivity contribution is 0.0661. The maximum absolute atomic E-state index is 9.00. The number of rotatable bonds is 5. The van der Waals surface area contributed by atoms with Crippen LogP contribution in [-0.4, -0.2) is 30.3 Å². The van der Waals surface area contributed by atoms with Crippen LogP contribution in [0.2, 0.25) is 0 Å². The zero-order valence-electron chi connectivity index (χ0n) is 8.97. The zero-order chi connectivity index (χ0) is 11.3. The van der Waals surface area contributed by atoms with Gasteiger partial charge in [0.15, 0.2) is 0 Å². The van der Waals surface area contributed by atoms with Gasteiger partial charge < -0.3 is 14.9 Å². The Kier molecular flexibility index (Phi) is 4.78. The minimum atomic E-state index is -1.41. The third-order valence-electron chi connectivity index (χ3n) is 2.11. The molecular formula is C10H16BNO3.